The minimum absolute atomic E-state index is 0.127. The minimum Gasteiger partial charge on any atom is -0.423 e. The molecule has 0 atom stereocenters. The second-order valence-corrected chi connectivity index (χ2v) is 7.51. The molecule has 0 saturated carbocycles. The van der Waals surface area contributed by atoms with E-state index in [1.54, 1.807) is 38.4 Å². The van der Waals surface area contributed by atoms with Crippen LogP contribution >= 0.6 is 0 Å². The molecule has 0 unspecified atom stereocenters. The topological polar surface area (TPSA) is 95.2 Å². The molecule has 3 aromatic carbocycles. The summed E-state index contributed by atoms with van der Waals surface area (Å²) in [6.07, 6.45) is 2.55. The zero-order chi connectivity index (χ0) is 23.2. The molecule has 0 aliphatic heterocycles. The maximum atomic E-state index is 12.7. The molecule has 0 fully saturated rings. The monoisotopic (exact) mass is 442 g/mol. The van der Waals surface area contributed by atoms with Crippen LogP contribution in [0.25, 0.3) is 10.9 Å². The van der Waals surface area contributed by atoms with Gasteiger partial charge in [0, 0.05) is 49.1 Å². The first kappa shape index (κ1) is 22.0. The van der Waals surface area contributed by atoms with Gasteiger partial charge in [0.15, 0.2) is 0 Å². The highest BCUT2D eigenvalue weighted by molar-refractivity contribution is 5.99. The Hall–Kier alpha value is -4.26. The van der Waals surface area contributed by atoms with E-state index in [1.165, 1.54) is 0 Å². The molecule has 0 spiro atoms. The van der Waals surface area contributed by atoms with Crippen molar-refractivity contribution in [2.24, 2.45) is 0 Å². The smallest absolute Gasteiger partial charge is 0.345 e. The number of amides is 1. The summed E-state index contributed by atoms with van der Waals surface area (Å²) in [6.45, 7) is 0.476. The van der Waals surface area contributed by atoms with E-state index in [9.17, 15) is 9.59 Å². The lowest BCUT2D eigenvalue weighted by molar-refractivity contribution is 0.0735. The van der Waals surface area contributed by atoms with E-state index in [0.717, 1.165) is 22.2 Å². The third-order valence-corrected chi connectivity index (χ3v) is 5.49. The van der Waals surface area contributed by atoms with Gasteiger partial charge in [-0.05, 0) is 54.4 Å². The van der Waals surface area contributed by atoms with E-state index in [0.29, 0.717) is 35.5 Å². The molecule has 0 bridgehead atoms. The first-order valence-corrected chi connectivity index (χ1v) is 10.7. The van der Waals surface area contributed by atoms with Crippen LogP contribution in [0.15, 0.2) is 72.9 Å². The van der Waals surface area contributed by atoms with Crippen LogP contribution in [0, 0.1) is 0 Å². The number of carbonyl (C=O) groups is 2. The van der Waals surface area contributed by atoms with Crippen LogP contribution in [-0.4, -0.2) is 37.5 Å². The first-order valence-electron chi connectivity index (χ1n) is 10.7. The van der Waals surface area contributed by atoms with E-state index < -0.39 is 5.97 Å². The number of nitrogens with one attached hydrogen (secondary N) is 4. The van der Waals surface area contributed by atoms with Gasteiger partial charge in [-0.3, -0.25) is 4.79 Å². The summed E-state index contributed by atoms with van der Waals surface area (Å²) < 4.78 is 5.63. The zero-order valence-corrected chi connectivity index (χ0v) is 18.6. The van der Waals surface area contributed by atoms with E-state index in [2.05, 4.69) is 20.9 Å². The Morgan fingerprint density at radius 2 is 1.55 bits per heavy atom. The molecule has 7 nitrogen and oxygen atoms in total. The largest absolute Gasteiger partial charge is 0.423 e. The molecule has 0 aliphatic rings. The Balaban J connectivity index is 1.45. The van der Waals surface area contributed by atoms with Gasteiger partial charge in [-0.15, -0.1) is 0 Å². The Morgan fingerprint density at radius 1 is 0.879 bits per heavy atom. The summed E-state index contributed by atoms with van der Waals surface area (Å²) in [7, 11) is 3.56. The molecular formula is C26H26N4O3. The normalized spacial score (nSPS) is 10.6. The van der Waals surface area contributed by atoms with Crippen LogP contribution < -0.4 is 20.7 Å². The molecule has 33 heavy (non-hydrogen) atoms. The molecule has 1 aromatic heterocycles. The number of hydrogen-bond donors (Lipinski definition) is 4. The van der Waals surface area contributed by atoms with Crippen molar-refractivity contribution in [3.8, 4) is 5.75 Å². The molecular weight excluding hydrogens is 416 g/mol. The average Bonchev–Trinajstić information content (AvgIpc) is 3.26. The summed E-state index contributed by atoms with van der Waals surface area (Å²) in [5.74, 6) is -0.0873. The molecule has 4 aromatic rings. The van der Waals surface area contributed by atoms with Gasteiger partial charge in [-0.2, -0.15) is 0 Å². The maximum absolute atomic E-state index is 12.7. The Morgan fingerprint density at radius 3 is 2.27 bits per heavy atom. The molecule has 1 heterocycles. The quantitative estimate of drug-likeness (QED) is 0.239. The van der Waals surface area contributed by atoms with Crippen molar-refractivity contribution in [1.29, 1.82) is 0 Å². The maximum Gasteiger partial charge on any atom is 0.345 e. The van der Waals surface area contributed by atoms with E-state index in [-0.39, 0.29) is 5.91 Å². The number of esters is 1. The number of hydrogen-bond acceptors (Lipinski definition) is 5. The number of ether oxygens (including phenoxy) is 1. The van der Waals surface area contributed by atoms with Crippen LogP contribution in [-0.2, 0) is 6.42 Å². The zero-order valence-electron chi connectivity index (χ0n) is 18.6. The predicted octanol–water partition coefficient (Wildman–Crippen LogP) is 4.44. The van der Waals surface area contributed by atoms with Crippen LogP contribution in [0.4, 0.5) is 11.4 Å². The van der Waals surface area contributed by atoms with Gasteiger partial charge in [-0.25, -0.2) is 4.79 Å². The van der Waals surface area contributed by atoms with Gasteiger partial charge >= 0.3 is 5.97 Å². The highest BCUT2D eigenvalue weighted by Crippen LogP contribution is 2.26. The Kier molecular flexibility index (Phi) is 6.59. The number of para-hydroxylation sites is 2. The molecule has 0 aliphatic carbocycles. The van der Waals surface area contributed by atoms with E-state index >= 15 is 0 Å². The van der Waals surface area contributed by atoms with Crippen molar-refractivity contribution < 1.29 is 14.3 Å². The predicted molar refractivity (Wildman–Crippen MR) is 131 cm³/mol. The van der Waals surface area contributed by atoms with Crippen molar-refractivity contribution in [2.75, 3.05) is 31.3 Å². The lowest BCUT2D eigenvalue weighted by Crippen LogP contribution is -2.26. The van der Waals surface area contributed by atoms with Gasteiger partial charge in [0.1, 0.15) is 5.75 Å². The number of carbonyl (C=O) groups excluding carboxylic acids is 2. The van der Waals surface area contributed by atoms with Crippen molar-refractivity contribution in [3.63, 3.8) is 0 Å². The molecule has 1 amide bonds. The minimum atomic E-state index is -0.424. The van der Waals surface area contributed by atoms with Crippen molar-refractivity contribution in [3.05, 3.63) is 89.6 Å². The number of H-pyrrole nitrogens is 1. The van der Waals surface area contributed by atoms with Gasteiger partial charge in [0.25, 0.3) is 5.91 Å². The van der Waals surface area contributed by atoms with Crippen LogP contribution in [0.1, 0.15) is 26.3 Å². The van der Waals surface area contributed by atoms with E-state index in [1.807, 2.05) is 48.7 Å². The second kappa shape index (κ2) is 9.91. The molecule has 4 rings (SSSR count). The fraction of sp³-hybridized carbons (Fsp3) is 0.154. The summed E-state index contributed by atoms with van der Waals surface area (Å²) in [4.78, 5) is 28.5. The van der Waals surface area contributed by atoms with Crippen molar-refractivity contribution in [2.45, 2.75) is 6.42 Å². The van der Waals surface area contributed by atoms with Gasteiger partial charge in [0.05, 0.1) is 11.1 Å². The molecule has 7 heteroatoms. The molecule has 0 saturated heterocycles. The number of aromatic nitrogens is 1. The van der Waals surface area contributed by atoms with Crippen LogP contribution in [0.3, 0.4) is 0 Å². The lowest BCUT2D eigenvalue weighted by atomic mass is 10.1. The number of benzene rings is 3. The number of anilines is 2. The Bertz CT molecular complexity index is 1300. The second-order valence-electron chi connectivity index (χ2n) is 7.51. The van der Waals surface area contributed by atoms with Crippen molar-refractivity contribution in [1.82, 2.24) is 10.3 Å². The lowest BCUT2D eigenvalue weighted by Gasteiger charge is -2.10. The van der Waals surface area contributed by atoms with Gasteiger partial charge in [-0.1, -0.05) is 24.3 Å². The van der Waals surface area contributed by atoms with Crippen LogP contribution in [0.5, 0.6) is 5.75 Å². The third-order valence-electron chi connectivity index (χ3n) is 5.49. The fourth-order valence-electron chi connectivity index (χ4n) is 3.77. The molecule has 0 radical (unpaired) electrons. The highest BCUT2D eigenvalue weighted by Gasteiger charge is 2.14. The summed E-state index contributed by atoms with van der Waals surface area (Å²) in [5.41, 5.74) is 4.54. The SMILES string of the molecule is CNc1ccccc1C(=O)NCCc1c[nH]c2ccc(OC(=O)c3ccccc3NC)cc12. The molecule has 168 valence electrons. The molecule has 4 N–H and O–H groups in total. The fourth-order valence-corrected chi connectivity index (χ4v) is 3.77. The van der Waals surface area contributed by atoms with Crippen LogP contribution in [0.2, 0.25) is 0 Å². The van der Waals surface area contributed by atoms with Crippen molar-refractivity contribution >= 4 is 34.2 Å². The summed E-state index contributed by atoms with van der Waals surface area (Å²) in [5, 5.41) is 9.96. The first-order chi connectivity index (χ1) is 16.1. The average molecular weight is 443 g/mol. The van der Waals surface area contributed by atoms with Gasteiger partial charge < -0.3 is 25.7 Å². The number of aromatic amines is 1. The third kappa shape index (κ3) is 4.82. The number of fused-ring (bicyclic) bond motifs is 1. The number of rotatable bonds is 8. The van der Waals surface area contributed by atoms with Gasteiger partial charge in [0.2, 0.25) is 0 Å². The Labute approximate surface area is 192 Å². The summed E-state index contributed by atoms with van der Waals surface area (Å²) >= 11 is 0. The van der Waals surface area contributed by atoms with E-state index in [4.69, 9.17) is 4.74 Å². The summed E-state index contributed by atoms with van der Waals surface area (Å²) in [6, 6.07) is 20.1. The standard InChI is InChI=1S/C26H26N4O3/c1-27-22-9-5-3-7-19(22)25(31)29-14-13-17-16-30-24-12-11-18(15-21(17)24)33-26(32)20-8-4-6-10-23(20)28-2/h3-12,15-16,27-28,30H,13-14H2,1-2H3,(H,29,31). The highest BCUT2D eigenvalue weighted by atomic mass is 16.5.